The van der Waals surface area contributed by atoms with Gasteiger partial charge in [0.2, 0.25) is 0 Å². The molecule has 2 rings (SSSR count). The average molecular weight is 417 g/mol. The molecule has 0 aliphatic heterocycles. The number of ether oxygens (including phenoxy) is 1. The minimum Gasteiger partial charge on any atom is -0.491 e. The number of carboxylic acid groups (broad SMARTS) is 2. The molecular formula is C24H32O6. The number of carboxylic acids is 2. The Morgan fingerprint density at radius 2 is 1.33 bits per heavy atom. The van der Waals surface area contributed by atoms with Crippen molar-refractivity contribution in [3.63, 3.8) is 0 Å². The number of hydrogen-bond acceptors (Lipinski definition) is 4. The molecule has 6 heteroatoms. The van der Waals surface area contributed by atoms with Crippen LogP contribution in [0.15, 0.2) is 48.5 Å². The zero-order chi connectivity index (χ0) is 22.2. The molecule has 30 heavy (non-hydrogen) atoms. The first-order valence-electron chi connectivity index (χ1n) is 10.4. The summed E-state index contributed by atoms with van der Waals surface area (Å²) in [6, 6.07) is 13.7. The van der Waals surface area contributed by atoms with Crippen molar-refractivity contribution in [1.82, 2.24) is 0 Å². The topological polar surface area (TPSA) is 104 Å². The van der Waals surface area contributed by atoms with E-state index in [1.165, 1.54) is 68.4 Å². The first kappa shape index (κ1) is 25.2. The van der Waals surface area contributed by atoms with Crippen molar-refractivity contribution in [1.29, 1.82) is 0 Å². The highest BCUT2D eigenvalue weighted by Gasteiger charge is 2.13. The van der Waals surface area contributed by atoms with E-state index in [0.29, 0.717) is 6.61 Å². The number of aromatic carboxylic acids is 2. The second-order valence-corrected chi connectivity index (χ2v) is 6.89. The molecule has 2 aromatic carbocycles. The molecule has 0 radical (unpaired) electrons. The highest BCUT2D eigenvalue weighted by molar-refractivity contribution is 6.01. The minimum atomic E-state index is -1.23. The highest BCUT2D eigenvalue weighted by Crippen LogP contribution is 2.15. The lowest BCUT2D eigenvalue weighted by molar-refractivity contribution is 0.0651. The molecule has 0 atom stereocenters. The van der Waals surface area contributed by atoms with Crippen LogP contribution in [0.2, 0.25) is 0 Å². The molecule has 2 aromatic rings. The van der Waals surface area contributed by atoms with Crippen LogP contribution in [0.4, 0.5) is 0 Å². The zero-order valence-electron chi connectivity index (χ0n) is 17.5. The largest absolute Gasteiger partial charge is 0.491 e. The summed E-state index contributed by atoms with van der Waals surface area (Å²) in [6.45, 7) is 2.69. The van der Waals surface area contributed by atoms with E-state index in [-0.39, 0.29) is 17.7 Å². The van der Waals surface area contributed by atoms with Crippen molar-refractivity contribution in [2.75, 3.05) is 13.2 Å². The molecule has 0 fully saturated rings. The fraction of sp³-hybridized carbons (Fsp3) is 0.417. The van der Waals surface area contributed by atoms with Gasteiger partial charge in [0, 0.05) is 0 Å². The Labute approximate surface area is 178 Å². The maximum Gasteiger partial charge on any atom is 0.336 e. The molecule has 0 bridgehead atoms. The second-order valence-electron chi connectivity index (χ2n) is 6.89. The van der Waals surface area contributed by atoms with Crippen LogP contribution in [-0.2, 0) is 6.42 Å². The third-order valence-corrected chi connectivity index (χ3v) is 4.49. The quantitative estimate of drug-likeness (QED) is 0.419. The number of rotatable bonds is 12. The summed E-state index contributed by atoms with van der Waals surface area (Å²) in [5.74, 6) is -1.61. The zero-order valence-corrected chi connectivity index (χ0v) is 17.5. The van der Waals surface area contributed by atoms with Crippen molar-refractivity contribution in [2.24, 2.45) is 0 Å². The monoisotopic (exact) mass is 416 g/mol. The number of hydrogen-bond donors (Lipinski definition) is 3. The lowest BCUT2D eigenvalue weighted by atomic mass is 10.0. The summed E-state index contributed by atoms with van der Waals surface area (Å²) in [6.07, 6.45) is 9.21. The summed E-state index contributed by atoms with van der Waals surface area (Å²) in [4.78, 5) is 20.9. The van der Waals surface area contributed by atoms with Gasteiger partial charge in [-0.2, -0.15) is 0 Å². The van der Waals surface area contributed by atoms with Gasteiger partial charge in [-0.05, 0) is 42.7 Å². The van der Waals surface area contributed by atoms with E-state index in [9.17, 15) is 9.59 Å². The predicted molar refractivity (Wildman–Crippen MR) is 116 cm³/mol. The molecule has 3 N–H and O–H groups in total. The molecule has 0 aromatic heterocycles. The van der Waals surface area contributed by atoms with E-state index < -0.39 is 11.9 Å². The van der Waals surface area contributed by atoms with Crippen LogP contribution in [0.5, 0.6) is 5.75 Å². The van der Waals surface area contributed by atoms with Gasteiger partial charge < -0.3 is 20.1 Å². The Kier molecular flexibility index (Phi) is 12.6. The van der Waals surface area contributed by atoms with Crippen molar-refractivity contribution in [2.45, 2.75) is 51.9 Å². The van der Waals surface area contributed by atoms with Crippen LogP contribution >= 0.6 is 0 Å². The van der Waals surface area contributed by atoms with Gasteiger partial charge in [0.1, 0.15) is 12.4 Å². The van der Waals surface area contributed by atoms with Crippen LogP contribution in [-0.4, -0.2) is 40.5 Å². The number of unbranched alkanes of at least 4 members (excludes halogenated alkanes) is 5. The first-order valence-corrected chi connectivity index (χ1v) is 10.4. The van der Waals surface area contributed by atoms with Gasteiger partial charge in [0.15, 0.2) is 0 Å². The van der Waals surface area contributed by atoms with E-state index in [2.05, 4.69) is 19.1 Å². The Hall–Kier alpha value is -2.86. The smallest absolute Gasteiger partial charge is 0.336 e. The molecule has 0 saturated heterocycles. The molecule has 164 valence electrons. The number of carbonyl (C=O) groups is 2. The fourth-order valence-corrected chi connectivity index (χ4v) is 2.88. The van der Waals surface area contributed by atoms with Crippen molar-refractivity contribution in [3.8, 4) is 5.75 Å². The van der Waals surface area contributed by atoms with Gasteiger partial charge in [-0.1, -0.05) is 63.3 Å². The summed E-state index contributed by atoms with van der Waals surface area (Å²) >= 11 is 0. The first-order chi connectivity index (χ1) is 14.5. The van der Waals surface area contributed by atoms with Crippen molar-refractivity contribution < 1.29 is 29.6 Å². The molecule has 0 heterocycles. The Balaban J connectivity index is 0.000000325. The number of aliphatic hydroxyl groups is 1. The fourth-order valence-electron chi connectivity index (χ4n) is 2.88. The normalized spacial score (nSPS) is 10.1. The Bertz CT molecular complexity index is 722. The Morgan fingerprint density at radius 1 is 0.800 bits per heavy atom. The maximum atomic E-state index is 10.5. The summed E-state index contributed by atoms with van der Waals surface area (Å²) < 4.78 is 5.33. The molecular weight excluding hydrogens is 384 g/mol. The van der Waals surface area contributed by atoms with Gasteiger partial charge in [-0.25, -0.2) is 9.59 Å². The van der Waals surface area contributed by atoms with Crippen LogP contribution in [0.1, 0.15) is 71.7 Å². The maximum absolute atomic E-state index is 10.5. The predicted octanol–water partition coefficient (Wildman–Crippen LogP) is 5.04. The summed E-state index contributed by atoms with van der Waals surface area (Å²) in [7, 11) is 0. The molecule has 0 unspecified atom stereocenters. The molecule has 0 aliphatic carbocycles. The average Bonchev–Trinajstić information content (AvgIpc) is 2.76. The van der Waals surface area contributed by atoms with Crippen molar-refractivity contribution >= 4 is 11.9 Å². The van der Waals surface area contributed by atoms with Crippen LogP contribution in [0, 0.1) is 0 Å². The van der Waals surface area contributed by atoms with E-state index in [1.807, 2.05) is 12.1 Å². The van der Waals surface area contributed by atoms with E-state index in [4.69, 9.17) is 20.1 Å². The Morgan fingerprint density at radius 3 is 1.83 bits per heavy atom. The van der Waals surface area contributed by atoms with E-state index >= 15 is 0 Å². The van der Waals surface area contributed by atoms with E-state index in [1.54, 1.807) is 0 Å². The van der Waals surface area contributed by atoms with Crippen LogP contribution in [0.25, 0.3) is 0 Å². The minimum absolute atomic E-state index is 0.0690. The van der Waals surface area contributed by atoms with Gasteiger partial charge in [0.05, 0.1) is 17.7 Å². The van der Waals surface area contributed by atoms with Gasteiger partial charge in [-0.15, -0.1) is 0 Å². The molecule has 6 nitrogen and oxygen atoms in total. The van der Waals surface area contributed by atoms with Gasteiger partial charge in [-0.3, -0.25) is 0 Å². The number of aryl methyl sites for hydroxylation is 1. The molecule has 0 spiro atoms. The second kappa shape index (κ2) is 15.0. The molecule has 0 amide bonds. The van der Waals surface area contributed by atoms with Crippen LogP contribution < -0.4 is 4.74 Å². The van der Waals surface area contributed by atoms with Gasteiger partial charge >= 0.3 is 11.9 Å². The SMILES string of the molecule is CCCCCCCCc1ccc(OCCO)cc1.O=C(O)c1ccccc1C(=O)O. The molecule has 0 saturated carbocycles. The lowest BCUT2D eigenvalue weighted by Crippen LogP contribution is -2.06. The molecule has 0 aliphatic rings. The third-order valence-electron chi connectivity index (χ3n) is 4.49. The van der Waals surface area contributed by atoms with Gasteiger partial charge in [0.25, 0.3) is 0 Å². The number of benzene rings is 2. The standard InChI is InChI=1S/C16H26O2.C8H6O4/c1-2-3-4-5-6-7-8-15-9-11-16(12-10-15)18-14-13-17;9-7(10)5-3-1-2-4-6(5)8(11)12/h9-12,17H,2-8,13-14H2,1H3;1-4H,(H,9,10)(H,11,12). The summed E-state index contributed by atoms with van der Waals surface area (Å²) in [5.41, 5.74) is 0.997. The van der Waals surface area contributed by atoms with Crippen LogP contribution in [0.3, 0.4) is 0 Å². The van der Waals surface area contributed by atoms with E-state index in [0.717, 1.165) is 12.2 Å². The summed E-state index contributed by atoms with van der Waals surface area (Å²) in [5, 5.41) is 25.8. The highest BCUT2D eigenvalue weighted by atomic mass is 16.5. The number of aliphatic hydroxyl groups excluding tert-OH is 1. The lowest BCUT2D eigenvalue weighted by Gasteiger charge is -2.06. The third kappa shape index (κ3) is 10.1. The van der Waals surface area contributed by atoms with Crippen molar-refractivity contribution in [3.05, 3.63) is 65.2 Å².